The molecular weight excluding hydrogens is 468 g/mol. The van der Waals surface area contributed by atoms with E-state index in [2.05, 4.69) is 15.5 Å². The number of anilines is 1. The van der Waals surface area contributed by atoms with Gasteiger partial charge in [0.25, 0.3) is 5.91 Å². The van der Waals surface area contributed by atoms with E-state index in [1.807, 2.05) is 0 Å². The topological polar surface area (TPSA) is 140 Å². The lowest BCUT2D eigenvalue weighted by Gasteiger charge is -2.20. The Labute approximate surface area is 192 Å². The van der Waals surface area contributed by atoms with Gasteiger partial charge < -0.3 is 4.42 Å². The Balaban J connectivity index is 1.66. The van der Waals surface area contributed by atoms with E-state index < -0.39 is 25.8 Å². The normalized spacial score (nSPS) is 12.3. The van der Waals surface area contributed by atoms with Gasteiger partial charge in [-0.25, -0.2) is 16.8 Å². The van der Waals surface area contributed by atoms with Gasteiger partial charge in [0.15, 0.2) is 9.84 Å². The molecular formula is C21H24N4O6S2. The van der Waals surface area contributed by atoms with Crippen molar-refractivity contribution in [2.24, 2.45) is 0 Å². The smallest absolute Gasteiger partial charge is 0.322 e. The Hall–Kier alpha value is -3.09. The minimum absolute atomic E-state index is 0.0808. The van der Waals surface area contributed by atoms with Crippen molar-refractivity contribution in [3.8, 4) is 0 Å². The van der Waals surface area contributed by atoms with Crippen LogP contribution in [0.4, 0.5) is 6.01 Å². The zero-order chi connectivity index (χ0) is 24.4. The number of hydrogen-bond acceptors (Lipinski definition) is 8. The molecule has 0 unspecified atom stereocenters. The zero-order valence-corrected chi connectivity index (χ0v) is 20.1. The largest absolute Gasteiger partial charge is 0.407 e. The van der Waals surface area contributed by atoms with Gasteiger partial charge in [-0.05, 0) is 55.8 Å². The Morgan fingerprint density at radius 2 is 1.55 bits per heavy atom. The molecule has 176 valence electrons. The van der Waals surface area contributed by atoms with Crippen LogP contribution in [0.2, 0.25) is 0 Å². The predicted octanol–water partition coefficient (Wildman–Crippen LogP) is 2.35. The van der Waals surface area contributed by atoms with Crippen LogP contribution >= 0.6 is 0 Å². The summed E-state index contributed by atoms with van der Waals surface area (Å²) in [6, 6.07) is 11.5. The van der Waals surface area contributed by atoms with Crippen LogP contribution in [0.5, 0.6) is 0 Å². The van der Waals surface area contributed by atoms with E-state index in [-0.39, 0.29) is 39.7 Å². The van der Waals surface area contributed by atoms with Gasteiger partial charge in [-0.3, -0.25) is 10.1 Å². The molecule has 0 spiro atoms. The third-order valence-corrected chi connectivity index (χ3v) is 8.09. The highest BCUT2D eigenvalue weighted by molar-refractivity contribution is 7.90. The molecule has 3 rings (SSSR count). The standard InChI is InChI=1S/C21H24N4O6S2/c1-14(2)25(3)33(29,30)18-11-7-16(8-12-18)20(26)22-21-24-23-19(31-21)13-15-5-9-17(10-6-15)32(4,27)28/h5-12,14H,13H2,1-4H3,(H,22,24,26). The molecule has 0 aliphatic heterocycles. The van der Waals surface area contributed by atoms with Crippen molar-refractivity contribution in [3.05, 3.63) is 65.5 Å². The van der Waals surface area contributed by atoms with Crippen LogP contribution in [0.25, 0.3) is 0 Å². The second-order valence-electron chi connectivity index (χ2n) is 7.69. The van der Waals surface area contributed by atoms with Crippen molar-refractivity contribution >= 4 is 31.8 Å². The quantitative estimate of drug-likeness (QED) is 0.505. The van der Waals surface area contributed by atoms with E-state index in [0.717, 1.165) is 11.8 Å². The van der Waals surface area contributed by atoms with Crippen LogP contribution < -0.4 is 5.32 Å². The number of nitrogens with one attached hydrogen (secondary N) is 1. The molecule has 33 heavy (non-hydrogen) atoms. The minimum Gasteiger partial charge on any atom is -0.407 e. The van der Waals surface area contributed by atoms with E-state index in [1.165, 1.54) is 47.8 Å². The van der Waals surface area contributed by atoms with E-state index in [0.29, 0.717) is 0 Å². The van der Waals surface area contributed by atoms with Gasteiger partial charge in [0.2, 0.25) is 15.9 Å². The highest BCUT2D eigenvalue weighted by atomic mass is 32.2. The van der Waals surface area contributed by atoms with Gasteiger partial charge in [0.05, 0.1) is 16.2 Å². The molecule has 2 aromatic carbocycles. The van der Waals surface area contributed by atoms with Crippen LogP contribution in [0, 0.1) is 0 Å². The molecule has 0 aliphatic rings. The number of amides is 1. The Morgan fingerprint density at radius 1 is 0.970 bits per heavy atom. The number of hydrogen-bond donors (Lipinski definition) is 1. The zero-order valence-electron chi connectivity index (χ0n) is 18.5. The summed E-state index contributed by atoms with van der Waals surface area (Å²) in [5, 5.41) is 10.1. The third kappa shape index (κ3) is 5.83. The summed E-state index contributed by atoms with van der Waals surface area (Å²) in [5.74, 6) is -0.306. The number of benzene rings is 2. The highest BCUT2D eigenvalue weighted by Crippen LogP contribution is 2.19. The second-order valence-corrected chi connectivity index (χ2v) is 11.7. The summed E-state index contributed by atoms with van der Waals surface area (Å²) < 4.78 is 54.8. The maximum atomic E-state index is 12.5. The highest BCUT2D eigenvalue weighted by Gasteiger charge is 2.23. The van der Waals surface area contributed by atoms with Crippen LogP contribution in [0.1, 0.15) is 35.7 Å². The molecule has 0 radical (unpaired) electrons. The lowest BCUT2D eigenvalue weighted by molar-refractivity contribution is 0.102. The Morgan fingerprint density at radius 3 is 2.09 bits per heavy atom. The summed E-state index contributed by atoms with van der Waals surface area (Å²) >= 11 is 0. The fourth-order valence-electron chi connectivity index (χ4n) is 2.80. The summed E-state index contributed by atoms with van der Waals surface area (Å²) in [5.41, 5.74) is 0.976. The van der Waals surface area contributed by atoms with Crippen molar-refractivity contribution in [3.63, 3.8) is 0 Å². The molecule has 12 heteroatoms. The van der Waals surface area contributed by atoms with Crippen LogP contribution in [0.3, 0.4) is 0 Å². The molecule has 0 saturated carbocycles. The molecule has 3 aromatic rings. The van der Waals surface area contributed by atoms with Crippen LogP contribution in [-0.2, 0) is 26.3 Å². The second kappa shape index (κ2) is 9.41. The van der Waals surface area contributed by atoms with Crippen LogP contribution in [0.15, 0.2) is 62.7 Å². The van der Waals surface area contributed by atoms with Crippen molar-refractivity contribution in [2.45, 2.75) is 36.1 Å². The molecule has 0 fully saturated rings. The summed E-state index contributed by atoms with van der Waals surface area (Å²) in [4.78, 5) is 12.7. The SMILES string of the molecule is CC(C)N(C)S(=O)(=O)c1ccc(C(=O)Nc2nnc(Cc3ccc(S(C)(=O)=O)cc3)o2)cc1. The Kier molecular flexibility index (Phi) is 7.00. The fraction of sp³-hybridized carbons (Fsp3) is 0.286. The molecule has 10 nitrogen and oxygen atoms in total. The first-order valence-electron chi connectivity index (χ1n) is 9.89. The average Bonchev–Trinajstić information content (AvgIpc) is 3.19. The van der Waals surface area contributed by atoms with Crippen LogP contribution in [-0.4, -0.2) is 56.6 Å². The average molecular weight is 493 g/mol. The van der Waals surface area contributed by atoms with Crippen molar-refractivity contribution in [1.29, 1.82) is 0 Å². The van der Waals surface area contributed by atoms with E-state index >= 15 is 0 Å². The molecule has 0 saturated heterocycles. The number of carbonyl (C=O) groups excluding carboxylic acids is 1. The molecule has 1 heterocycles. The first kappa shape index (κ1) is 24.6. The molecule has 0 aliphatic carbocycles. The van der Waals surface area contributed by atoms with E-state index in [9.17, 15) is 21.6 Å². The number of rotatable bonds is 8. The molecule has 0 atom stereocenters. The molecule has 1 N–H and O–H groups in total. The van der Waals surface area contributed by atoms with Gasteiger partial charge in [-0.2, -0.15) is 4.31 Å². The molecule has 1 aromatic heterocycles. The van der Waals surface area contributed by atoms with Crippen molar-refractivity contribution < 1.29 is 26.0 Å². The Bertz CT molecular complexity index is 1350. The lowest BCUT2D eigenvalue weighted by atomic mass is 10.1. The number of sulfonamides is 1. The summed E-state index contributed by atoms with van der Waals surface area (Å²) in [6.07, 6.45) is 1.38. The monoisotopic (exact) mass is 492 g/mol. The summed E-state index contributed by atoms with van der Waals surface area (Å²) in [7, 11) is -5.44. The molecule has 0 bridgehead atoms. The predicted molar refractivity (Wildman–Crippen MR) is 121 cm³/mol. The first-order chi connectivity index (χ1) is 15.4. The van der Waals surface area contributed by atoms with Gasteiger partial charge in [0, 0.05) is 24.9 Å². The van der Waals surface area contributed by atoms with Gasteiger partial charge in [0.1, 0.15) is 0 Å². The van der Waals surface area contributed by atoms with E-state index in [1.54, 1.807) is 26.0 Å². The first-order valence-corrected chi connectivity index (χ1v) is 13.2. The summed E-state index contributed by atoms with van der Waals surface area (Å²) in [6.45, 7) is 3.53. The maximum absolute atomic E-state index is 12.5. The third-order valence-electron chi connectivity index (χ3n) is 4.91. The molecule has 1 amide bonds. The minimum atomic E-state index is -3.65. The maximum Gasteiger partial charge on any atom is 0.322 e. The van der Waals surface area contributed by atoms with Crippen molar-refractivity contribution in [1.82, 2.24) is 14.5 Å². The van der Waals surface area contributed by atoms with Crippen molar-refractivity contribution in [2.75, 3.05) is 18.6 Å². The number of aromatic nitrogens is 2. The fourth-order valence-corrected chi connectivity index (χ4v) is 4.79. The number of nitrogens with zero attached hydrogens (tertiary/aromatic N) is 3. The number of carbonyl (C=O) groups is 1. The van der Waals surface area contributed by atoms with Gasteiger partial charge >= 0.3 is 6.01 Å². The number of sulfone groups is 1. The van der Waals surface area contributed by atoms with E-state index in [4.69, 9.17) is 4.42 Å². The van der Waals surface area contributed by atoms with Gasteiger partial charge in [-0.15, -0.1) is 5.10 Å². The van der Waals surface area contributed by atoms with Gasteiger partial charge in [-0.1, -0.05) is 17.2 Å². The lowest BCUT2D eigenvalue weighted by Crippen LogP contribution is -2.33.